The van der Waals surface area contributed by atoms with E-state index >= 15 is 0 Å². The van der Waals surface area contributed by atoms with Gasteiger partial charge in [-0.25, -0.2) is 0 Å². The molecule has 0 radical (unpaired) electrons. The first-order chi connectivity index (χ1) is 8.04. The Bertz CT molecular complexity index is 436. The van der Waals surface area contributed by atoms with E-state index in [9.17, 15) is 4.79 Å². The summed E-state index contributed by atoms with van der Waals surface area (Å²) in [5, 5.41) is 6.72. The standard InChI is InChI=1S/C14H20N2O/c1-10-4-13(5-12(6-17)11(10)2)16-9-14(3)7-15-8-14/h4-6,15-16H,7-9H2,1-3H3. The smallest absolute Gasteiger partial charge is 0.150 e. The van der Waals surface area contributed by atoms with Gasteiger partial charge in [-0.2, -0.15) is 0 Å². The van der Waals surface area contributed by atoms with Crippen LogP contribution in [-0.4, -0.2) is 25.9 Å². The van der Waals surface area contributed by atoms with E-state index in [4.69, 9.17) is 0 Å². The monoisotopic (exact) mass is 232 g/mol. The predicted octanol–water partition coefficient (Wildman–Crippen LogP) is 2.14. The molecular weight excluding hydrogens is 212 g/mol. The van der Waals surface area contributed by atoms with Crippen LogP contribution in [0.15, 0.2) is 12.1 Å². The summed E-state index contributed by atoms with van der Waals surface area (Å²) in [4.78, 5) is 11.0. The minimum atomic E-state index is 0.347. The molecule has 17 heavy (non-hydrogen) atoms. The van der Waals surface area contributed by atoms with Gasteiger partial charge in [-0.05, 0) is 37.1 Å². The number of carbonyl (C=O) groups excluding carboxylic acids is 1. The number of aryl methyl sites for hydroxylation is 1. The molecule has 1 heterocycles. The predicted molar refractivity (Wildman–Crippen MR) is 70.8 cm³/mol. The summed E-state index contributed by atoms with van der Waals surface area (Å²) in [5.41, 5.74) is 4.41. The van der Waals surface area contributed by atoms with Crippen molar-refractivity contribution in [3.05, 3.63) is 28.8 Å². The molecule has 0 amide bonds. The highest BCUT2D eigenvalue weighted by Gasteiger charge is 2.31. The highest BCUT2D eigenvalue weighted by Crippen LogP contribution is 2.24. The van der Waals surface area contributed by atoms with Crippen molar-refractivity contribution < 1.29 is 4.79 Å². The molecule has 2 rings (SSSR count). The van der Waals surface area contributed by atoms with E-state index in [0.717, 1.165) is 48.3 Å². The van der Waals surface area contributed by atoms with E-state index in [1.807, 2.05) is 19.9 Å². The molecule has 0 saturated carbocycles. The number of anilines is 1. The number of benzene rings is 1. The zero-order valence-corrected chi connectivity index (χ0v) is 10.8. The van der Waals surface area contributed by atoms with E-state index in [1.54, 1.807) is 0 Å². The fourth-order valence-corrected chi connectivity index (χ4v) is 2.10. The number of aldehydes is 1. The van der Waals surface area contributed by atoms with E-state index < -0.39 is 0 Å². The van der Waals surface area contributed by atoms with Crippen LogP contribution in [0.2, 0.25) is 0 Å². The lowest BCUT2D eigenvalue weighted by molar-refractivity contribution is 0.112. The molecule has 1 aliphatic rings. The molecule has 3 nitrogen and oxygen atoms in total. The van der Waals surface area contributed by atoms with Crippen molar-refractivity contribution in [3.63, 3.8) is 0 Å². The van der Waals surface area contributed by atoms with E-state index in [2.05, 4.69) is 23.6 Å². The van der Waals surface area contributed by atoms with Gasteiger partial charge >= 0.3 is 0 Å². The van der Waals surface area contributed by atoms with Crippen molar-refractivity contribution in [2.45, 2.75) is 20.8 Å². The van der Waals surface area contributed by atoms with Crippen LogP contribution in [0, 0.1) is 19.3 Å². The molecule has 0 aromatic heterocycles. The molecule has 1 aromatic rings. The summed E-state index contributed by atoms with van der Waals surface area (Å²) in [6.45, 7) is 9.36. The first kappa shape index (κ1) is 12.1. The molecule has 0 unspecified atom stereocenters. The molecule has 0 bridgehead atoms. The van der Waals surface area contributed by atoms with Crippen LogP contribution in [0.5, 0.6) is 0 Å². The fourth-order valence-electron chi connectivity index (χ4n) is 2.10. The molecule has 3 heteroatoms. The minimum absolute atomic E-state index is 0.347. The van der Waals surface area contributed by atoms with Gasteiger partial charge in [0.1, 0.15) is 6.29 Å². The van der Waals surface area contributed by atoms with Gasteiger partial charge in [0.2, 0.25) is 0 Å². The minimum Gasteiger partial charge on any atom is -0.384 e. The summed E-state index contributed by atoms with van der Waals surface area (Å²) in [7, 11) is 0. The van der Waals surface area contributed by atoms with Crippen LogP contribution in [-0.2, 0) is 0 Å². The number of hydrogen-bond acceptors (Lipinski definition) is 3. The van der Waals surface area contributed by atoms with Gasteiger partial charge in [0.25, 0.3) is 0 Å². The van der Waals surface area contributed by atoms with E-state index in [-0.39, 0.29) is 0 Å². The third kappa shape index (κ3) is 2.50. The Hall–Kier alpha value is -1.35. The lowest BCUT2D eigenvalue weighted by Crippen LogP contribution is -2.55. The zero-order chi connectivity index (χ0) is 12.5. The average molecular weight is 232 g/mol. The molecule has 1 aromatic carbocycles. The van der Waals surface area contributed by atoms with E-state index in [1.165, 1.54) is 0 Å². The Morgan fingerprint density at radius 1 is 1.41 bits per heavy atom. The van der Waals surface area contributed by atoms with Gasteiger partial charge in [0.05, 0.1) is 0 Å². The second-order valence-corrected chi connectivity index (χ2v) is 5.39. The van der Waals surface area contributed by atoms with Crippen LogP contribution in [0.25, 0.3) is 0 Å². The highest BCUT2D eigenvalue weighted by molar-refractivity contribution is 5.80. The Morgan fingerprint density at radius 3 is 2.65 bits per heavy atom. The fraction of sp³-hybridized carbons (Fsp3) is 0.500. The molecule has 0 aliphatic carbocycles. The van der Waals surface area contributed by atoms with E-state index in [0.29, 0.717) is 5.41 Å². The van der Waals surface area contributed by atoms with Gasteiger partial charge < -0.3 is 10.6 Å². The quantitative estimate of drug-likeness (QED) is 0.781. The lowest BCUT2D eigenvalue weighted by atomic mass is 9.84. The summed E-state index contributed by atoms with van der Waals surface area (Å²) in [5.74, 6) is 0. The van der Waals surface area contributed by atoms with Crippen molar-refractivity contribution in [1.82, 2.24) is 5.32 Å². The molecule has 2 N–H and O–H groups in total. The van der Waals surface area contributed by atoms with Crippen LogP contribution in [0.1, 0.15) is 28.4 Å². The number of hydrogen-bond donors (Lipinski definition) is 2. The first-order valence-electron chi connectivity index (χ1n) is 6.05. The normalized spacial score (nSPS) is 17.4. The largest absolute Gasteiger partial charge is 0.384 e. The highest BCUT2D eigenvalue weighted by atomic mass is 16.1. The van der Waals surface area contributed by atoms with Crippen LogP contribution >= 0.6 is 0 Å². The summed E-state index contributed by atoms with van der Waals surface area (Å²) in [6.07, 6.45) is 0.931. The van der Waals surface area contributed by atoms with Crippen molar-refractivity contribution in [2.24, 2.45) is 5.41 Å². The van der Waals surface area contributed by atoms with Crippen molar-refractivity contribution >= 4 is 12.0 Å². The summed E-state index contributed by atoms with van der Waals surface area (Å²) < 4.78 is 0. The SMILES string of the molecule is Cc1cc(NCC2(C)CNC2)cc(C=O)c1C. The van der Waals surface area contributed by atoms with Crippen LogP contribution in [0.4, 0.5) is 5.69 Å². The maximum atomic E-state index is 11.0. The molecule has 0 atom stereocenters. The molecule has 92 valence electrons. The average Bonchev–Trinajstić information content (AvgIpc) is 2.28. The van der Waals surface area contributed by atoms with Gasteiger partial charge in [-0.1, -0.05) is 6.92 Å². The zero-order valence-electron chi connectivity index (χ0n) is 10.8. The maximum absolute atomic E-state index is 11.0. The number of rotatable bonds is 4. The molecule has 1 saturated heterocycles. The lowest BCUT2D eigenvalue weighted by Gasteiger charge is -2.39. The second kappa shape index (κ2) is 4.49. The first-order valence-corrected chi connectivity index (χ1v) is 6.05. The summed E-state index contributed by atoms with van der Waals surface area (Å²) in [6, 6.07) is 4.04. The third-order valence-electron chi connectivity index (χ3n) is 3.66. The Morgan fingerprint density at radius 2 is 2.12 bits per heavy atom. The van der Waals surface area contributed by atoms with Gasteiger partial charge in [0.15, 0.2) is 0 Å². The second-order valence-electron chi connectivity index (χ2n) is 5.39. The van der Waals surface area contributed by atoms with Crippen LogP contribution in [0.3, 0.4) is 0 Å². The van der Waals surface area contributed by atoms with Gasteiger partial charge in [-0.3, -0.25) is 4.79 Å². The Labute approximate surface area is 103 Å². The number of carbonyl (C=O) groups is 1. The number of nitrogens with one attached hydrogen (secondary N) is 2. The molecule has 1 fully saturated rings. The summed E-state index contributed by atoms with van der Waals surface area (Å²) >= 11 is 0. The van der Waals surface area contributed by atoms with Gasteiger partial charge in [-0.15, -0.1) is 0 Å². The Balaban J connectivity index is 2.10. The van der Waals surface area contributed by atoms with Crippen LogP contribution < -0.4 is 10.6 Å². The molecule has 1 aliphatic heterocycles. The van der Waals surface area contributed by atoms with Crippen molar-refractivity contribution in [3.8, 4) is 0 Å². The van der Waals surface area contributed by atoms with Crippen molar-refractivity contribution in [1.29, 1.82) is 0 Å². The molecular formula is C14H20N2O. The molecule has 0 spiro atoms. The van der Waals surface area contributed by atoms with Gasteiger partial charge in [0, 0.05) is 36.3 Å². The Kier molecular flexibility index (Phi) is 3.20. The third-order valence-corrected chi connectivity index (χ3v) is 3.66. The maximum Gasteiger partial charge on any atom is 0.150 e. The topological polar surface area (TPSA) is 41.1 Å². The van der Waals surface area contributed by atoms with Crippen molar-refractivity contribution in [2.75, 3.05) is 25.0 Å².